The molecule has 1 aromatic rings. The predicted octanol–water partition coefficient (Wildman–Crippen LogP) is 3.05. The van der Waals surface area contributed by atoms with Crippen LogP contribution in [0.3, 0.4) is 0 Å². The van der Waals surface area contributed by atoms with Crippen molar-refractivity contribution in [3.05, 3.63) is 45.9 Å². The lowest BCUT2D eigenvalue weighted by atomic mass is 9.91. The third-order valence-electron chi connectivity index (χ3n) is 2.92. The minimum Gasteiger partial charge on any atom is -0.480 e. The van der Waals surface area contributed by atoms with Crippen molar-refractivity contribution < 1.29 is 19.5 Å². The second kappa shape index (κ2) is 5.93. The van der Waals surface area contributed by atoms with E-state index in [-0.39, 0.29) is 16.5 Å². The fourth-order valence-corrected chi connectivity index (χ4v) is 3.25. The van der Waals surface area contributed by atoms with Crippen molar-refractivity contribution in [2.24, 2.45) is 0 Å². The van der Waals surface area contributed by atoms with Crippen molar-refractivity contribution in [2.75, 3.05) is 0 Å². The molecule has 0 aliphatic heterocycles. The third-order valence-corrected chi connectivity index (χ3v) is 4.64. The summed E-state index contributed by atoms with van der Waals surface area (Å²) >= 11 is 4.19. The maximum absolute atomic E-state index is 12.3. The van der Waals surface area contributed by atoms with E-state index in [4.69, 9.17) is 5.11 Å². The number of carbonyl (C=O) groups excluding carboxylic acids is 2. The molecule has 1 aromatic carbocycles. The van der Waals surface area contributed by atoms with Crippen molar-refractivity contribution in [2.45, 2.75) is 17.5 Å². The van der Waals surface area contributed by atoms with E-state index in [0.29, 0.717) is 16.5 Å². The number of rotatable bonds is 4. The number of benzene rings is 1. The summed E-state index contributed by atoms with van der Waals surface area (Å²) in [6, 6.07) is 5.10. The standard InChI is InChI=1S/C14H11BrO4S/c1-7(14(18)19)20-11-5-10(16)12-8(6-15)3-2-4-9(12)13(11)17/h2-5,7H,6H2,1H3,(H,18,19). The van der Waals surface area contributed by atoms with Crippen LogP contribution in [0.15, 0.2) is 29.2 Å². The Labute approximate surface area is 128 Å². The molecule has 0 heterocycles. The molecule has 0 amide bonds. The quantitative estimate of drug-likeness (QED) is 0.841. The zero-order valence-corrected chi connectivity index (χ0v) is 13.0. The number of thioether (sulfide) groups is 1. The molecule has 104 valence electrons. The number of hydrogen-bond donors (Lipinski definition) is 1. The molecule has 0 spiro atoms. The van der Waals surface area contributed by atoms with Crippen LogP contribution in [0.2, 0.25) is 0 Å². The molecular weight excluding hydrogens is 344 g/mol. The van der Waals surface area contributed by atoms with E-state index >= 15 is 0 Å². The highest BCUT2D eigenvalue weighted by Crippen LogP contribution is 2.32. The number of alkyl halides is 1. The van der Waals surface area contributed by atoms with Crippen LogP contribution < -0.4 is 0 Å². The number of Topliss-reactive ketones (excluding diaryl/α,β-unsaturated/α-hetero) is 1. The summed E-state index contributed by atoms with van der Waals surface area (Å²) in [6.07, 6.45) is 1.24. The van der Waals surface area contributed by atoms with Gasteiger partial charge < -0.3 is 5.11 Å². The highest BCUT2D eigenvalue weighted by atomic mass is 79.9. The summed E-state index contributed by atoms with van der Waals surface area (Å²) in [6.45, 7) is 1.48. The summed E-state index contributed by atoms with van der Waals surface area (Å²) in [4.78, 5) is 35.5. The van der Waals surface area contributed by atoms with Gasteiger partial charge in [0.05, 0.1) is 4.91 Å². The first-order chi connectivity index (χ1) is 9.45. The van der Waals surface area contributed by atoms with Crippen LogP contribution in [-0.4, -0.2) is 27.9 Å². The van der Waals surface area contributed by atoms with Crippen molar-refractivity contribution in [1.82, 2.24) is 0 Å². The lowest BCUT2D eigenvalue weighted by Crippen LogP contribution is -2.20. The molecule has 4 nitrogen and oxygen atoms in total. The summed E-state index contributed by atoms with van der Waals surface area (Å²) in [5.41, 5.74) is 1.50. The first-order valence-corrected chi connectivity index (χ1v) is 7.84. The fraction of sp³-hybridized carbons (Fsp3) is 0.214. The molecular formula is C14H11BrO4S. The number of carbonyl (C=O) groups is 3. The number of fused-ring (bicyclic) bond motifs is 1. The number of carboxylic acid groups (broad SMARTS) is 1. The van der Waals surface area contributed by atoms with Gasteiger partial charge in [-0.1, -0.05) is 34.1 Å². The maximum atomic E-state index is 12.3. The van der Waals surface area contributed by atoms with E-state index in [9.17, 15) is 14.4 Å². The largest absolute Gasteiger partial charge is 0.480 e. The second-order valence-electron chi connectivity index (χ2n) is 4.27. The molecule has 0 fully saturated rings. The lowest BCUT2D eigenvalue weighted by Gasteiger charge is -2.18. The zero-order valence-electron chi connectivity index (χ0n) is 10.6. The second-order valence-corrected chi connectivity index (χ2v) is 6.22. The van der Waals surface area contributed by atoms with Crippen LogP contribution in [0.5, 0.6) is 0 Å². The molecule has 1 aliphatic rings. The number of allylic oxidation sites excluding steroid dienone is 2. The van der Waals surface area contributed by atoms with Crippen molar-refractivity contribution in [3.8, 4) is 0 Å². The van der Waals surface area contributed by atoms with Gasteiger partial charge in [-0.2, -0.15) is 0 Å². The average molecular weight is 355 g/mol. The maximum Gasteiger partial charge on any atom is 0.316 e. The Morgan fingerprint density at radius 3 is 2.70 bits per heavy atom. The summed E-state index contributed by atoms with van der Waals surface area (Å²) in [5, 5.41) is 8.60. The number of aliphatic carboxylic acids is 1. The topological polar surface area (TPSA) is 71.4 Å². The molecule has 0 radical (unpaired) electrons. The van der Waals surface area contributed by atoms with Gasteiger partial charge in [0.1, 0.15) is 5.25 Å². The Morgan fingerprint density at radius 2 is 2.10 bits per heavy atom. The van der Waals surface area contributed by atoms with Crippen molar-refractivity contribution in [1.29, 1.82) is 0 Å². The molecule has 1 unspecified atom stereocenters. The monoisotopic (exact) mass is 354 g/mol. The molecule has 1 N–H and O–H groups in total. The highest BCUT2D eigenvalue weighted by molar-refractivity contribution is 9.08. The Kier molecular flexibility index (Phi) is 4.45. The number of halogens is 1. The molecule has 0 saturated carbocycles. The third kappa shape index (κ3) is 2.71. The molecule has 1 atom stereocenters. The Morgan fingerprint density at radius 1 is 1.40 bits per heavy atom. The van der Waals surface area contributed by atoms with Gasteiger partial charge in [-0.3, -0.25) is 14.4 Å². The summed E-state index contributed by atoms with van der Waals surface area (Å²) in [7, 11) is 0. The van der Waals surface area contributed by atoms with Gasteiger partial charge in [0, 0.05) is 22.5 Å². The predicted molar refractivity (Wildman–Crippen MR) is 80.5 cm³/mol. The van der Waals surface area contributed by atoms with Crippen LogP contribution in [0.4, 0.5) is 0 Å². The van der Waals surface area contributed by atoms with E-state index in [1.165, 1.54) is 13.0 Å². The van der Waals surface area contributed by atoms with Crippen LogP contribution in [0.25, 0.3) is 0 Å². The van der Waals surface area contributed by atoms with Gasteiger partial charge in [0.2, 0.25) is 0 Å². The SMILES string of the molecule is CC(SC1=CC(=O)c2c(CBr)cccc2C1=O)C(=O)O. The van der Waals surface area contributed by atoms with Crippen LogP contribution in [0, 0.1) is 0 Å². The van der Waals surface area contributed by atoms with Crippen LogP contribution >= 0.6 is 27.7 Å². The molecule has 0 saturated heterocycles. The van der Waals surface area contributed by atoms with Crippen molar-refractivity contribution in [3.63, 3.8) is 0 Å². The van der Waals surface area contributed by atoms with Gasteiger partial charge in [-0.05, 0) is 12.5 Å². The molecule has 1 aliphatic carbocycles. The van der Waals surface area contributed by atoms with Gasteiger partial charge in [-0.15, -0.1) is 11.8 Å². The first-order valence-electron chi connectivity index (χ1n) is 5.83. The van der Waals surface area contributed by atoms with Gasteiger partial charge >= 0.3 is 5.97 Å². The smallest absolute Gasteiger partial charge is 0.316 e. The zero-order chi connectivity index (χ0) is 14.9. The molecule has 6 heteroatoms. The van der Waals surface area contributed by atoms with E-state index < -0.39 is 11.2 Å². The van der Waals surface area contributed by atoms with E-state index in [1.807, 2.05) is 0 Å². The van der Waals surface area contributed by atoms with Crippen molar-refractivity contribution >= 4 is 45.2 Å². The van der Waals surface area contributed by atoms with Gasteiger partial charge in [0.15, 0.2) is 11.6 Å². The molecule has 0 bridgehead atoms. The number of ketones is 2. The Bertz CT molecular complexity index is 636. The molecule has 20 heavy (non-hydrogen) atoms. The Balaban J connectivity index is 2.42. The Hall–Kier alpha value is -1.40. The minimum atomic E-state index is -1.02. The number of carboxylic acids is 1. The van der Waals surface area contributed by atoms with Crippen LogP contribution in [-0.2, 0) is 10.1 Å². The normalized spacial score (nSPS) is 15.6. The lowest BCUT2D eigenvalue weighted by molar-refractivity contribution is -0.136. The summed E-state index contributed by atoms with van der Waals surface area (Å²) in [5.74, 6) is -1.56. The average Bonchev–Trinajstić information content (AvgIpc) is 2.43. The molecule has 0 aromatic heterocycles. The summed E-state index contributed by atoms with van der Waals surface area (Å²) < 4.78 is 0. The molecule has 2 rings (SSSR count). The minimum absolute atomic E-state index is 0.184. The number of hydrogen-bond acceptors (Lipinski definition) is 4. The van der Waals surface area contributed by atoms with E-state index in [1.54, 1.807) is 18.2 Å². The van der Waals surface area contributed by atoms with Crippen LogP contribution in [0.1, 0.15) is 33.2 Å². The van der Waals surface area contributed by atoms with E-state index in [2.05, 4.69) is 15.9 Å². The fourth-order valence-electron chi connectivity index (χ4n) is 1.91. The first kappa shape index (κ1) is 15.0. The highest BCUT2D eigenvalue weighted by Gasteiger charge is 2.29. The van der Waals surface area contributed by atoms with Gasteiger partial charge in [0.25, 0.3) is 0 Å². The van der Waals surface area contributed by atoms with E-state index in [0.717, 1.165) is 17.3 Å². The van der Waals surface area contributed by atoms with Gasteiger partial charge in [-0.25, -0.2) is 0 Å².